The molecule has 1 heterocycles. The molecule has 0 bridgehead atoms. The maximum absolute atomic E-state index is 12.3. The summed E-state index contributed by atoms with van der Waals surface area (Å²) in [6.45, 7) is 4.19. The van der Waals surface area contributed by atoms with Gasteiger partial charge in [-0.3, -0.25) is 4.79 Å². The number of nitrogens with one attached hydrogen (secondary N) is 1. The van der Waals surface area contributed by atoms with Gasteiger partial charge in [-0.2, -0.15) is 0 Å². The predicted molar refractivity (Wildman–Crippen MR) is 107 cm³/mol. The molecule has 3 rings (SSSR count). The Balaban J connectivity index is 1.60. The van der Waals surface area contributed by atoms with Crippen molar-refractivity contribution >= 4 is 40.0 Å². The van der Waals surface area contributed by atoms with Crippen molar-refractivity contribution in [1.29, 1.82) is 0 Å². The van der Waals surface area contributed by atoms with Crippen molar-refractivity contribution in [3.05, 3.63) is 45.8 Å². The van der Waals surface area contributed by atoms with Gasteiger partial charge in [0.15, 0.2) is 0 Å². The summed E-state index contributed by atoms with van der Waals surface area (Å²) in [5.41, 5.74) is 2.87. The number of aryl methyl sites for hydroxylation is 2. The molecule has 0 radical (unpaired) electrons. The van der Waals surface area contributed by atoms with Crippen LogP contribution >= 0.6 is 23.1 Å². The number of ether oxygens (including phenoxy) is 1. The van der Waals surface area contributed by atoms with Crippen molar-refractivity contribution < 1.29 is 14.3 Å². The van der Waals surface area contributed by atoms with Gasteiger partial charge in [-0.15, -0.1) is 23.1 Å². The summed E-state index contributed by atoms with van der Waals surface area (Å²) in [5.74, 6) is 0.320. The maximum atomic E-state index is 12.3. The summed E-state index contributed by atoms with van der Waals surface area (Å²) in [7, 11) is 0. The summed E-state index contributed by atoms with van der Waals surface area (Å²) < 4.78 is 5.19. The van der Waals surface area contributed by atoms with E-state index in [9.17, 15) is 9.59 Å². The van der Waals surface area contributed by atoms with Crippen molar-refractivity contribution in [2.24, 2.45) is 0 Å². The Morgan fingerprint density at radius 3 is 2.73 bits per heavy atom. The second-order valence-corrected chi connectivity index (χ2v) is 8.52. The molecule has 1 N–H and O–H groups in total. The number of thiophene rings is 1. The molecule has 0 atom stereocenters. The summed E-state index contributed by atoms with van der Waals surface area (Å²) in [6.07, 6.45) is 3.34. The highest BCUT2D eigenvalue weighted by atomic mass is 32.2. The van der Waals surface area contributed by atoms with Gasteiger partial charge in [0.2, 0.25) is 5.91 Å². The average molecular weight is 390 g/mol. The number of carbonyl (C=O) groups excluding carboxylic acids is 2. The van der Waals surface area contributed by atoms with Gasteiger partial charge in [0.1, 0.15) is 5.00 Å². The van der Waals surface area contributed by atoms with Gasteiger partial charge in [0.05, 0.1) is 12.2 Å². The molecule has 2 aromatic rings. The molecule has 1 aliphatic rings. The summed E-state index contributed by atoms with van der Waals surface area (Å²) in [4.78, 5) is 27.0. The van der Waals surface area contributed by atoms with Gasteiger partial charge in [0, 0.05) is 21.9 Å². The van der Waals surface area contributed by atoms with Crippen molar-refractivity contribution in [3.63, 3.8) is 0 Å². The molecule has 0 aliphatic heterocycles. The average Bonchev–Trinajstić information content (AvgIpc) is 3.17. The number of amides is 1. The van der Waals surface area contributed by atoms with E-state index in [1.54, 1.807) is 18.7 Å². The monoisotopic (exact) mass is 389 g/mol. The first kappa shape index (κ1) is 19.0. The minimum atomic E-state index is -0.323. The van der Waals surface area contributed by atoms with Crippen molar-refractivity contribution in [1.82, 2.24) is 0 Å². The molecule has 4 nitrogen and oxygen atoms in total. The zero-order valence-corrected chi connectivity index (χ0v) is 16.7. The minimum absolute atomic E-state index is 0.0601. The van der Waals surface area contributed by atoms with Crippen LogP contribution in [-0.2, 0) is 22.4 Å². The molecule has 1 aromatic carbocycles. The van der Waals surface area contributed by atoms with Crippen molar-refractivity contribution in [2.75, 3.05) is 17.7 Å². The van der Waals surface area contributed by atoms with E-state index in [-0.39, 0.29) is 11.9 Å². The van der Waals surface area contributed by atoms with Crippen molar-refractivity contribution in [3.8, 4) is 0 Å². The van der Waals surface area contributed by atoms with Crippen LogP contribution in [0.5, 0.6) is 0 Å². The first-order valence-corrected chi connectivity index (χ1v) is 10.7. The van der Waals surface area contributed by atoms with E-state index in [1.807, 2.05) is 0 Å². The van der Waals surface area contributed by atoms with E-state index >= 15 is 0 Å². The zero-order valence-electron chi connectivity index (χ0n) is 15.1. The largest absolute Gasteiger partial charge is 0.462 e. The molecule has 0 unspecified atom stereocenters. The number of anilines is 1. The third-order valence-corrected chi connectivity index (χ3v) is 6.49. The quantitative estimate of drug-likeness (QED) is 0.544. The number of thioether (sulfide) groups is 1. The molecule has 0 saturated heterocycles. The van der Waals surface area contributed by atoms with Gasteiger partial charge >= 0.3 is 5.97 Å². The van der Waals surface area contributed by atoms with Gasteiger partial charge in [-0.25, -0.2) is 4.79 Å². The Morgan fingerprint density at radius 2 is 2.00 bits per heavy atom. The Bertz CT molecular complexity index is 796. The van der Waals surface area contributed by atoms with Crippen LogP contribution in [0.1, 0.15) is 46.1 Å². The van der Waals surface area contributed by atoms with Crippen molar-refractivity contribution in [2.45, 2.75) is 44.4 Å². The molecular formula is C20H23NO3S2. The van der Waals surface area contributed by atoms with Crippen LogP contribution in [0.4, 0.5) is 5.00 Å². The van der Waals surface area contributed by atoms with E-state index in [2.05, 4.69) is 36.5 Å². The van der Waals surface area contributed by atoms with E-state index < -0.39 is 0 Å². The normalized spacial score (nSPS) is 12.7. The van der Waals surface area contributed by atoms with Gasteiger partial charge in [0.25, 0.3) is 0 Å². The fourth-order valence-electron chi connectivity index (χ4n) is 3.00. The summed E-state index contributed by atoms with van der Waals surface area (Å²) in [5, 5.41) is 3.59. The van der Waals surface area contributed by atoms with Gasteiger partial charge in [-0.05, 0) is 50.8 Å². The number of carbonyl (C=O) groups is 2. The third kappa shape index (κ3) is 4.48. The van der Waals surface area contributed by atoms with Gasteiger partial charge in [-0.1, -0.05) is 17.7 Å². The van der Waals surface area contributed by atoms with Crippen LogP contribution in [0.3, 0.4) is 0 Å². The molecule has 6 heteroatoms. The number of fused-ring (bicyclic) bond motifs is 1. The van der Waals surface area contributed by atoms with E-state index in [4.69, 9.17) is 4.74 Å². The lowest BCUT2D eigenvalue weighted by molar-refractivity contribution is -0.115. The number of hydrogen-bond donors (Lipinski definition) is 1. The highest BCUT2D eigenvalue weighted by Crippen LogP contribution is 2.39. The van der Waals surface area contributed by atoms with E-state index in [1.165, 1.54) is 21.8 Å². The minimum Gasteiger partial charge on any atom is -0.462 e. The number of benzene rings is 1. The van der Waals surface area contributed by atoms with Crippen LogP contribution in [-0.4, -0.2) is 24.2 Å². The topological polar surface area (TPSA) is 55.4 Å². The summed E-state index contributed by atoms with van der Waals surface area (Å²) in [6, 6.07) is 8.28. The van der Waals surface area contributed by atoms with Crippen LogP contribution in [0.15, 0.2) is 29.2 Å². The Kier molecular flexibility index (Phi) is 6.38. The van der Waals surface area contributed by atoms with E-state index in [0.717, 1.165) is 29.7 Å². The highest BCUT2D eigenvalue weighted by molar-refractivity contribution is 7.99. The predicted octanol–water partition coefficient (Wildman–Crippen LogP) is 4.84. The van der Waals surface area contributed by atoms with Crippen LogP contribution in [0.25, 0.3) is 0 Å². The lowest BCUT2D eigenvalue weighted by Gasteiger charge is -2.08. The highest BCUT2D eigenvalue weighted by Gasteiger charge is 2.28. The molecule has 138 valence electrons. The van der Waals surface area contributed by atoms with Crippen LogP contribution in [0, 0.1) is 6.92 Å². The molecule has 0 saturated carbocycles. The van der Waals surface area contributed by atoms with Crippen LogP contribution < -0.4 is 5.32 Å². The lowest BCUT2D eigenvalue weighted by Crippen LogP contribution is -2.15. The Hall–Kier alpha value is -1.79. The second kappa shape index (κ2) is 8.73. The first-order valence-electron chi connectivity index (χ1n) is 8.89. The lowest BCUT2D eigenvalue weighted by atomic mass is 10.1. The number of esters is 1. The maximum Gasteiger partial charge on any atom is 0.341 e. The standard InChI is InChI=1S/C20H23NO3S2/c1-3-24-20(23)18-15-5-4-6-16(15)26-19(18)21-17(22)11-12-25-14-9-7-13(2)8-10-14/h7-10H,3-6,11-12H2,1-2H3,(H,21,22). The SMILES string of the molecule is CCOC(=O)c1c(NC(=O)CCSc2ccc(C)cc2)sc2c1CCC2. The van der Waals surface area contributed by atoms with E-state index in [0.29, 0.717) is 29.3 Å². The van der Waals surface area contributed by atoms with Gasteiger partial charge < -0.3 is 10.1 Å². The zero-order chi connectivity index (χ0) is 18.5. The first-order chi connectivity index (χ1) is 12.6. The molecule has 1 aromatic heterocycles. The Morgan fingerprint density at radius 1 is 1.23 bits per heavy atom. The molecule has 1 aliphatic carbocycles. The smallest absolute Gasteiger partial charge is 0.341 e. The fraction of sp³-hybridized carbons (Fsp3) is 0.400. The molecule has 26 heavy (non-hydrogen) atoms. The third-order valence-electron chi connectivity index (χ3n) is 4.27. The molecule has 0 spiro atoms. The number of rotatable bonds is 7. The Labute approximate surface area is 162 Å². The molecular weight excluding hydrogens is 366 g/mol. The molecule has 1 amide bonds. The fourth-order valence-corrected chi connectivity index (χ4v) is 5.14. The van der Waals surface area contributed by atoms with Crippen LogP contribution in [0.2, 0.25) is 0 Å². The summed E-state index contributed by atoms with van der Waals surface area (Å²) >= 11 is 3.18. The molecule has 0 fully saturated rings. The second-order valence-electron chi connectivity index (χ2n) is 6.24. The number of hydrogen-bond acceptors (Lipinski definition) is 5.